The second kappa shape index (κ2) is 5.34. The standard InChI is InChI=1S/C13H12ClFN4O/c14-8-4-10(13(18)20)12(17)19(6-8)5-7-3-9(16)1-2-11(7)15/h1-4,6,17H,5,16H2,(H2,18,20). The highest BCUT2D eigenvalue weighted by Crippen LogP contribution is 2.14. The number of pyridine rings is 1. The summed E-state index contributed by atoms with van der Waals surface area (Å²) in [6.45, 7) is 0.0244. The van der Waals surface area contributed by atoms with E-state index in [0.29, 0.717) is 11.3 Å². The second-order valence-electron chi connectivity index (χ2n) is 4.26. The highest BCUT2D eigenvalue weighted by atomic mass is 35.5. The zero-order chi connectivity index (χ0) is 14.9. The van der Waals surface area contributed by atoms with Crippen LogP contribution in [0.15, 0.2) is 30.5 Å². The van der Waals surface area contributed by atoms with Crippen molar-refractivity contribution >= 4 is 23.2 Å². The number of anilines is 1. The van der Waals surface area contributed by atoms with E-state index in [1.54, 1.807) is 0 Å². The van der Waals surface area contributed by atoms with E-state index in [-0.39, 0.29) is 22.6 Å². The van der Waals surface area contributed by atoms with Gasteiger partial charge in [0.25, 0.3) is 5.91 Å². The lowest BCUT2D eigenvalue weighted by molar-refractivity contribution is 0.0998. The maximum absolute atomic E-state index is 13.7. The van der Waals surface area contributed by atoms with Gasteiger partial charge in [-0.3, -0.25) is 10.2 Å². The highest BCUT2D eigenvalue weighted by molar-refractivity contribution is 6.30. The molecule has 1 aromatic heterocycles. The van der Waals surface area contributed by atoms with Crippen LogP contribution in [0.4, 0.5) is 10.1 Å². The number of nitrogens with two attached hydrogens (primary N) is 2. The molecular formula is C13H12ClFN4O. The van der Waals surface area contributed by atoms with Crippen molar-refractivity contribution in [1.82, 2.24) is 4.57 Å². The van der Waals surface area contributed by atoms with Crippen molar-refractivity contribution in [3.63, 3.8) is 0 Å². The minimum Gasteiger partial charge on any atom is -0.399 e. The average molecular weight is 295 g/mol. The molecule has 2 aromatic rings. The molecule has 5 N–H and O–H groups in total. The van der Waals surface area contributed by atoms with Gasteiger partial charge in [-0.25, -0.2) is 4.39 Å². The maximum Gasteiger partial charge on any atom is 0.252 e. The van der Waals surface area contributed by atoms with Gasteiger partial charge in [0.05, 0.1) is 17.1 Å². The number of nitrogens with zero attached hydrogens (tertiary/aromatic N) is 1. The van der Waals surface area contributed by atoms with Gasteiger partial charge in [0.1, 0.15) is 11.3 Å². The van der Waals surface area contributed by atoms with E-state index in [0.717, 1.165) is 0 Å². The molecule has 0 aliphatic heterocycles. The van der Waals surface area contributed by atoms with Gasteiger partial charge in [-0.2, -0.15) is 0 Å². The number of halogens is 2. The third-order valence-corrected chi connectivity index (χ3v) is 2.99. The fourth-order valence-electron chi connectivity index (χ4n) is 1.82. The highest BCUT2D eigenvalue weighted by Gasteiger charge is 2.10. The van der Waals surface area contributed by atoms with Crippen LogP contribution in [0.5, 0.6) is 0 Å². The number of carbonyl (C=O) groups is 1. The predicted molar refractivity (Wildman–Crippen MR) is 73.7 cm³/mol. The minimum absolute atomic E-state index is 0.0244. The Bertz CT molecular complexity index is 742. The number of benzene rings is 1. The fraction of sp³-hybridized carbons (Fsp3) is 0.0769. The van der Waals surface area contributed by atoms with E-state index < -0.39 is 11.7 Å². The molecule has 1 amide bonds. The van der Waals surface area contributed by atoms with Crippen molar-refractivity contribution in [2.75, 3.05) is 5.73 Å². The first-order chi connectivity index (χ1) is 9.38. The molecule has 104 valence electrons. The molecule has 1 aromatic carbocycles. The number of hydrogen-bond donors (Lipinski definition) is 3. The Balaban J connectivity index is 2.51. The van der Waals surface area contributed by atoms with Crippen molar-refractivity contribution in [3.05, 3.63) is 57.9 Å². The first kappa shape index (κ1) is 14.1. The van der Waals surface area contributed by atoms with Crippen LogP contribution in [-0.2, 0) is 6.54 Å². The molecule has 0 spiro atoms. The van der Waals surface area contributed by atoms with Crippen LogP contribution in [0.2, 0.25) is 5.02 Å². The quantitative estimate of drug-likeness (QED) is 0.747. The summed E-state index contributed by atoms with van der Waals surface area (Å²) in [5.41, 5.74) is 11.3. The summed E-state index contributed by atoms with van der Waals surface area (Å²) in [5.74, 6) is -1.22. The van der Waals surface area contributed by atoms with Gasteiger partial charge in [0, 0.05) is 17.4 Å². The number of amides is 1. The molecule has 0 aliphatic carbocycles. The summed E-state index contributed by atoms with van der Waals surface area (Å²) in [4.78, 5) is 11.2. The summed E-state index contributed by atoms with van der Waals surface area (Å²) in [6, 6.07) is 5.46. The van der Waals surface area contributed by atoms with Crippen LogP contribution in [0.1, 0.15) is 15.9 Å². The summed E-state index contributed by atoms with van der Waals surface area (Å²) in [7, 11) is 0. The van der Waals surface area contributed by atoms with Crippen molar-refractivity contribution in [3.8, 4) is 0 Å². The molecule has 0 fully saturated rings. The smallest absolute Gasteiger partial charge is 0.252 e. The summed E-state index contributed by atoms with van der Waals surface area (Å²) >= 11 is 5.87. The zero-order valence-electron chi connectivity index (χ0n) is 10.4. The van der Waals surface area contributed by atoms with E-state index >= 15 is 0 Å². The Morgan fingerprint density at radius 3 is 2.75 bits per heavy atom. The molecule has 20 heavy (non-hydrogen) atoms. The molecule has 0 radical (unpaired) electrons. The first-order valence-corrected chi connectivity index (χ1v) is 6.04. The molecule has 0 saturated carbocycles. The van der Waals surface area contributed by atoms with Crippen molar-refractivity contribution in [2.24, 2.45) is 5.73 Å². The average Bonchev–Trinajstić information content (AvgIpc) is 2.37. The van der Waals surface area contributed by atoms with Gasteiger partial charge < -0.3 is 16.0 Å². The van der Waals surface area contributed by atoms with E-state index in [9.17, 15) is 9.18 Å². The zero-order valence-corrected chi connectivity index (χ0v) is 11.1. The number of hydrogen-bond acceptors (Lipinski definition) is 3. The Labute approximate surface area is 119 Å². The number of aromatic nitrogens is 1. The molecular weight excluding hydrogens is 283 g/mol. The number of nitrogens with one attached hydrogen (secondary N) is 1. The van der Waals surface area contributed by atoms with E-state index in [1.165, 1.54) is 35.0 Å². The van der Waals surface area contributed by atoms with Crippen LogP contribution in [0.3, 0.4) is 0 Å². The molecule has 0 unspecified atom stereocenters. The number of rotatable bonds is 3. The Hall–Kier alpha value is -2.34. The van der Waals surface area contributed by atoms with Gasteiger partial charge in [-0.05, 0) is 24.3 Å². The van der Waals surface area contributed by atoms with Crippen molar-refractivity contribution in [1.29, 1.82) is 5.41 Å². The van der Waals surface area contributed by atoms with Crippen LogP contribution < -0.4 is 17.0 Å². The molecule has 0 aliphatic rings. The van der Waals surface area contributed by atoms with Gasteiger partial charge in [0.2, 0.25) is 0 Å². The Morgan fingerprint density at radius 2 is 2.10 bits per heavy atom. The molecule has 1 heterocycles. The van der Waals surface area contributed by atoms with Gasteiger partial charge in [0.15, 0.2) is 0 Å². The Kier molecular flexibility index (Phi) is 3.76. The lowest BCUT2D eigenvalue weighted by atomic mass is 10.1. The second-order valence-corrected chi connectivity index (χ2v) is 4.70. The first-order valence-electron chi connectivity index (χ1n) is 5.67. The molecule has 2 rings (SSSR count). The SMILES string of the molecule is N=c1c(C(N)=O)cc(Cl)cn1Cc1cc(N)ccc1F. The maximum atomic E-state index is 13.7. The molecule has 7 heteroatoms. The third kappa shape index (κ3) is 2.80. The minimum atomic E-state index is -0.765. The summed E-state index contributed by atoms with van der Waals surface area (Å²) in [6.07, 6.45) is 1.43. The molecule has 0 saturated heterocycles. The topological polar surface area (TPSA) is 97.9 Å². The van der Waals surface area contributed by atoms with E-state index in [2.05, 4.69) is 0 Å². The number of carbonyl (C=O) groups excluding carboxylic acids is 1. The van der Waals surface area contributed by atoms with Gasteiger partial charge in [-0.1, -0.05) is 11.6 Å². The third-order valence-electron chi connectivity index (χ3n) is 2.78. The van der Waals surface area contributed by atoms with Crippen molar-refractivity contribution in [2.45, 2.75) is 6.54 Å². The Morgan fingerprint density at radius 1 is 1.40 bits per heavy atom. The number of nitrogen functional groups attached to an aromatic ring is 1. The van der Waals surface area contributed by atoms with Gasteiger partial charge >= 0.3 is 0 Å². The normalized spacial score (nSPS) is 10.5. The monoisotopic (exact) mass is 294 g/mol. The lowest BCUT2D eigenvalue weighted by Crippen LogP contribution is -2.30. The number of primary amides is 1. The van der Waals surface area contributed by atoms with Crippen LogP contribution in [0, 0.1) is 11.2 Å². The molecule has 0 bridgehead atoms. The summed E-state index contributed by atoms with van der Waals surface area (Å²) < 4.78 is 15.0. The van der Waals surface area contributed by atoms with Crippen LogP contribution in [0.25, 0.3) is 0 Å². The predicted octanol–water partition coefficient (Wildman–Crippen LogP) is 1.49. The van der Waals surface area contributed by atoms with Gasteiger partial charge in [-0.15, -0.1) is 0 Å². The largest absolute Gasteiger partial charge is 0.399 e. The van der Waals surface area contributed by atoms with Crippen LogP contribution >= 0.6 is 11.6 Å². The summed E-state index contributed by atoms with van der Waals surface area (Å²) in [5, 5.41) is 8.13. The molecule has 0 atom stereocenters. The lowest BCUT2D eigenvalue weighted by Gasteiger charge is -2.11. The van der Waals surface area contributed by atoms with Crippen LogP contribution in [-0.4, -0.2) is 10.5 Å². The van der Waals surface area contributed by atoms with Crippen molar-refractivity contribution < 1.29 is 9.18 Å². The molecule has 5 nitrogen and oxygen atoms in total. The fourth-order valence-corrected chi connectivity index (χ4v) is 2.05. The van der Waals surface area contributed by atoms with E-state index in [4.69, 9.17) is 28.5 Å². The van der Waals surface area contributed by atoms with E-state index in [1.807, 2.05) is 0 Å².